The van der Waals surface area contributed by atoms with Crippen molar-refractivity contribution in [1.82, 2.24) is 35.2 Å². The minimum absolute atomic E-state index is 0. The van der Waals surface area contributed by atoms with Gasteiger partial charge in [0, 0.05) is 43.7 Å². The molecule has 138 valence electrons. The van der Waals surface area contributed by atoms with Crippen LogP contribution in [0.25, 0.3) is 0 Å². The van der Waals surface area contributed by atoms with Crippen LogP contribution in [0.15, 0.2) is 23.7 Å². The number of thioether (sulfide) groups is 1. The van der Waals surface area contributed by atoms with Crippen LogP contribution in [0.4, 0.5) is 0 Å². The third-order valence-electron chi connectivity index (χ3n) is 4.08. The fourth-order valence-corrected chi connectivity index (χ4v) is 3.60. The summed E-state index contributed by atoms with van der Waals surface area (Å²) in [5, 5.41) is 19.3. The van der Waals surface area contributed by atoms with Gasteiger partial charge in [-0.15, -0.1) is 22.6 Å². The van der Waals surface area contributed by atoms with Gasteiger partial charge in [0.2, 0.25) is 5.91 Å². The van der Waals surface area contributed by atoms with Crippen LogP contribution in [0.2, 0.25) is 0 Å². The van der Waals surface area contributed by atoms with Gasteiger partial charge in [0.15, 0.2) is 5.16 Å². The highest BCUT2D eigenvalue weighted by Gasteiger charge is 2.19. The zero-order chi connectivity index (χ0) is 16.8. The van der Waals surface area contributed by atoms with Gasteiger partial charge < -0.3 is 15.2 Å². The van der Waals surface area contributed by atoms with Crippen LogP contribution in [0.1, 0.15) is 24.5 Å². The number of aryl methyl sites for hydroxylation is 1. The van der Waals surface area contributed by atoms with Gasteiger partial charge in [0.1, 0.15) is 12.9 Å². The minimum atomic E-state index is -0.0118. The molecule has 1 saturated heterocycles. The fraction of sp³-hybridized carbons (Fsp3) is 0.600. The molecular formula is C15H24ClN7OS. The van der Waals surface area contributed by atoms with Crippen LogP contribution in [0.5, 0.6) is 0 Å². The molecule has 10 heteroatoms. The van der Waals surface area contributed by atoms with E-state index in [4.69, 9.17) is 0 Å². The highest BCUT2D eigenvalue weighted by atomic mass is 35.5. The van der Waals surface area contributed by atoms with Crippen molar-refractivity contribution < 1.29 is 4.79 Å². The van der Waals surface area contributed by atoms with E-state index in [1.807, 2.05) is 22.4 Å². The topological polar surface area (TPSA) is 89.7 Å². The predicted molar refractivity (Wildman–Crippen MR) is 99.1 cm³/mol. The maximum Gasteiger partial charge on any atom is 0.241 e. The summed E-state index contributed by atoms with van der Waals surface area (Å²) in [6.07, 6.45) is 5.76. The average molecular weight is 386 g/mol. The molecule has 0 bridgehead atoms. The first-order valence-electron chi connectivity index (χ1n) is 8.20. The molecule has 1 fully saturated rings. The summed E-state index contributed by atoms with van der Waals surface area (Å²) in [5.74, 6) is 1.19. The average Bonchev–Trinajstić information content (AvgIpc) is 3.21. The largest absolute Gasteiger partial charge is 0.354 e. The number of halogens is 1. The monoisotopic (exact) mass is 385 g/mol. The number of amides is 1. The van der Waals surface area contributed by atoms with E-state index in [1.54, 1.807) is 24.3 Å². The normalized spacial score (nSPS) is 17.1. The Morgan fingerprint density at radius 3 is 3.12 bits per heavy atom. The molecule has 0 aliphatic carbocycles. The van der Waals surface area contributed by atoms with E-state index in [0.29, 0.717) is 12.5 Å². The fourth-order valence-electron chi connectivity index (χ4n) is 2.85. The Bertz CT molecular complexity index is 668. The summed E-state index contributed by atoms with van der Waals surface area (Å²) < 4.78 is 3.68. The smallest absolute Gasteiger partial charge is 0.241 e. The Balaban J connectivity index is 0.00000225. The molecule has 1 atom stereocenters. The van der Waals surface area contributed by atoms with Crippen molar-refractivity contribution in [2.45, 2.75) is 30.5 Å². The van der Waals surface area contributed by atoms with Crippen LogP contribution < -0.4 is 10.6 Å². The molecule has 0 radical (unpaired) electrons. The summed E-state index contributed by atoms with van der Waals surface area (Å²) in [7, 11) is 1.90. The lowest BCUT2D eigenvalue weighted by atomic mass is 9.96. The van der Waals surface area contributed by atoms with Crippen molar-refractivity contribution in [3.05, 3.63) is 24.3 Å². The van der Waals surface area contributed by atoms with Gasteiger partial charge in [-0.2, -0.15) is 5.10 Å². The molecule has 3 heterocycles. The van der Waals surface area contributed by atoms with E-state index in [2.05, 4.69) is 25.9 Å². The lowest BCUT2D eigenvalue weighted by Gasteiger charge is -2.23. The molecule has 1 unspecified atom stereocenters. The zero-order valence-corrected chi connectivity index (χ0v) is 15.9. The number of rotatable bonds is 7. The molecule has 0 aromatic carbocycles. The van der Waals surface area contributed by atoms with E-state index in [9.17, 15) is 4.79 Å². The molecule has 0 saturated carbocycles. The molecule has 2 N–H and O–H groups in total. The molecule has 2 aromatic heterocycles. The van der Waals surface area contributed by atoms with E-state index in [0.717, 1.165) is 36.1 Å². The standard InChI is InChI=1S/C15H23N7OS.ClH/c1-21-11-18-20-15(21)24-8-7-17-14(23)10-22-13(4-6-19-22)12-3-2-5-16-9-12;/h4,6,11-12,16H,2-3,5,7-10H2,1H3,(H,17,23);1H. The molecule has 1 amide bonds. The summed E-state index contributed by atoms with van der Waals surface area (Å²) in [5.41, 5.74) is 1.14. The van der Waals surface area contributed by atoms with E-state index in [-0.39, 0.29) is 24.9 Å². The molecule has 2 aromatic rings. The van der Waals surface area contributed by atoms with Gasteiger partial charge >= 0.3 is 0 Å². The molecule has 3 rings (SSSR count). The van der Waals surface area contributed by atoms with Crippen LogP contribution in [-0.4, -0.2) is 55.8 Å². The predicted octanol–water partition coefficient (Wildman–Crippen LogP) is 0.809. The summed E-state index contributed by atoms with van der Waals surface area (Å²) in [4.78, 5) is 12.1. The van der Waals surface area contributed by atoms with Gasteiger partial charge in [-0.05, 0) is 25.5 Å². The second kappa shape index (κ2) is 9.79. The van der Waals surface area contributed by atoms with Crippen molar-refractivity contribution >= 4 is 30.1 Å². The van der Waals surface area contributed by atoms with Crippen LogP contribution in [-0.2, 0) is 18.4 Å². The number of aromatic nitrogens is 5. The van der Waals surface area contributed by atoms with Gasteiger partial charge in [0.25, 0.3) is 0 Å². The summed E-state index contributed by atoms with van der Waals surface area (Å²) in [6.45, 7) is 2.90. The SMILES string of the molecule is Cl.Cn1cnnc1SCCNC(=O)Cn1nccc1C1CCCNC1. The molecule has 1 aliphatic heterocycles. The first kappa shape index (κ1) is 19.7. The van der Waals surface area contributed by atoms with Crippen molar-refractivity contribution in [3.63, 3.8) is 0 Å². The van der Waals surface area contributed by atoms with Crippen molar-refractivity contribution in [2.75, 3.05) is 25.4 Å². The molecule has 25 heavy (non-hydrogen) atoms. The Morgan fingerprint density at radius 2 is 2.40 bits per heavy atom. The molecule has 0 spiro atoms. The lowest BCUT2D eigenvalue weighted by molar-refractivity contribution is -0.121. The first-order chi connectivity index (χ1) is 11.7. The van der Waals surface area contributed by atoms with Crippen LogP contribution in [0, 0.1) is 0 Å². The van der Waals surface area contributed by atoms with E-state index < -0.39 is 0 Å². The first-order valence-corrected chi connectivity index (χ1v) is 9.18. The van der Waals surface area contributed by atoms with Crippen molar-refractivity contribution in [2.24, 2.45) is 7.05 Å². The number of carbonyl (C=O) groups excluding carboxylic acids is 1. The summed E-state index contributed by atoms with van der Waals surface area (Å²) >= 11 is 1.57. The third kappa shape index (κ3) is 5.45. The number of nitrogens with one attached hydrogen (secondary N) is 2. The van der Waals surface area contributed by atoms with Gasteiger partial charge in [0.05, 0.1) is 0 Å². The number of piperidine rings is 1. The van der Waals surface area contributed by atoms with Crippen molar-refractivity contribution in [3.8, 4) is 0 Å². The van der Waals surface area contributed by atoms with Crippen LogP contribution >= 0.6 is 24.2 Å². The number of carbonyl (C=O) groups is 1. The Hall–Kier alpha value is -1.58. The minimum Gasteiger partial charge on any atom is -0.354 e. The molecule has 1 aliphatic rings. The maximum absolute atomic E-state index is 12.1. The van der Waals surface area contributed by atoms with E-state index in [1.165, 1.54) is 6.42 Å². The van der Waals surface area contributed by atoms with Crippen LogP contribution in [0.3, 0.4) is 0 Å². The van der Waals surface area contributed by atoms with E-state index >= 15 is 0 Å². The number of hydrogen-bond acceptors (Lipinski definition) is 6. The molecule has 8 nitrogen and oxygen atoms in total. The second-order valence-electron chi connectivity index (χ2n) is 5.88. The van der Waals surface area contributed by atoms with Gasteiger partial charge in [-0.3, -0.25) is 9.48 Å². The molecular weight excluding hydrogens is 362 g/mol. The van der Waals surface area contributed by atoms with Crippen molar-refractivity contribution in [1.29, 1.82) is 0 Å². The lowest BCUT2D eigenvalue weighted by Crippen LogP contribution is -2.33. The van der Waals surface area contributed by atoms with Gasteiger partial charge in [-0.25, -0.2) is 0 Å². The number of hydrogen-bond donors (Lipinski definition) is 2. The highest BCUT2D eigenvalue weighted by molar-refractivity contribution is 7.99. The third-order valence-corrected chi connectivity index (χ3v) is 5.12. The quantitative estimate of drug-likeness (QED) is 0.541. The Kier molecular flexibility index (Phi) is 7.73. The number of nitrogens with zero attached hydrogens (tertiary/aromatic N) is 5. The maximum atomic E-state index is 12.1. The highest BCUT2D eigenvalue weighted by Crippen LogP contribution is 2.22. The zero-order valence-electron chi connectivity index (χ0n) is 14.2. The second-order valence-corrected chi connectivity index (χ2v) is 6.94. The Labute approximate surface area is 157 Å². The Morgan fingerprint density at radius 1 is 1.52 bits per heavy atom. The summed E-state index contributed by atoms with van der Waals surface area (Å²) in [6, 6.07) is 2.02. The van der Waals surface area contributed by atoms with Gasteiger partial charge in [-0.1, -0.05) is 11.8 Å².